The van der Waals surface area contributed by atoms with Gasteiger partial charge in [0.1, 0.15) is 31.4 Å². The Morgan fingerprint density at radius 1 is 1.00 bits per heavy atom. The van der Waals surface area contributed by atoms with Gasteiger partial charge in [0.15, 0.2) is 5.82 Å². The summed E-state index contributed by atoms with van der Waals surface area (Å²) >= 11 is 0. The van der Waals surface area contributed by atoms with Crippen molar-refractivity contribution in [1.82, 2.24) is 14.8 Å². The summed E-state index contributed by atoms with van der Waals surface area (Å²) in [6, 6.07) is 15.3. The molecule has 1 aromatic heterocycles. The summed E-state index contributed by atoms with van der Waals surface area (Å²) in [5.74, 6) is 0.560. The number of carbonyl (C=O) groups is 1. The SMILES string of the molecule is CCO[C@@H]1[C@@H](OC)[C@H](C)O[C@@H](OC(=O)N(COC)c2ccc(-c3ncn(-c4ccc(C)cc4)n3)cc2)[C@@H]1OC. The minimum atomic E-state index is -1.01. The van der Waals surface area contributed by atoms with Crippen molar-refractivity contribution in [2.24, 2.45) is 0 Å². The number of ether oxygens (including phenoxy) is 6. The van der Waals surface area contributed by atoms with Crippen LogP contribution in [0, 0.1) is 6.92 Å². The molecule has 2 heterocycles. The van der Waals surface area contributed by atoms with Gasteiger partial charge in [-0.25, -0.2) is 14.5 Å². The third-order valence-electron chi connectivity index (χ3n) is 6.55. The second-order valence-corrected chi connectivity index (χ2v) is 9.15. The molecule has 210 valence electrons. The average Bonchev–Trinajstić information content (AvgIpc) is 3.43. The Morgan fingerprint density at radius 2 is 1.69 bits per heavy atom. The number of benzene rings is 2. The molecular formula is C28H36N4O7. The van der Waals surface area contributed by atoms with Crippen LogP contribution < -0.4 is 4.90 Å². The highest BCUT2D eigenvalue weighted by atomic mass is 16.7. The summed E-state index contributed by atoms with van der Waals surface area (Å²) in [5, 5.41) is 4.59. The van der Waals surface area contributed by atoms with Crippen molar-refractivity contribution in [3.05, 3.63) is 60.4 Å². The molecule has 0 aliphatic carbocycles. The fourth-order valence-corrected chi connectivity index (χ4v) is 4.56. The van der Waals surface area contributed by atoms with E-state index in [-0.39, 0.29) is 12.8 Å². The highest BCUT2D eigenvalue weighted by molar-refractivity contribution is 5.87. The molecule has 11 nitrogen and oxygen atoms in total. The number of hydrogen-bond acceptors (Lipinski definition) is 9. The number of rotatable bonds is 10. The summed E-state index contributed by atoms with van der Waals surface area (Å²) < 4.78 is 35.8. The van der Waals surface area contributed by atoms with Crippen molar-refractivity contribution in [1.29, 1.82) is 0 Å². The van der Waals surface area contributed by atoms with E-state index in [1.807, 2.05) is 57.2 Å². The van der Waals surface area contributed by atoms with Gasteiger partial charge in [-0.15, -0.1) is 5.10 Å². The number of aryl methyl sites for hydroxylation is 1. The molecule has 0 unspecified atom stereocenters. The smallest absolute Gasteiger partial charge is 0.416 e. The zero-order chi connectivity index (χ0) is 27.9. The second kappa shape index (κ2) is 13.1. The van der Waals surface area contributed by atoms with E-state index >= 15 is 0 Å². The lowest BCUT2D eigenvalue weighted by Gasteiger charge is -2.43. The second-order valence-electron chi connectivity index (χ2n) is 9.15. The quantitative estimate of drug-likeness (QED) is 0.353. The van der Waals surface area contributed by atoms with Crippen molar-refractivity contribution < 1.29 is 33.2 Å². The molecule has 1 aliphatic heterocycles. The van der Waals surface area contributed by atoms with Crippen molar-refractivity contribution in [2.45, 2.75) is 51.5 Å². The van der Waals surface area contributed by atoms with Crippen LogP contribution in [0.2, 0.25) is 0 Å². The maximum Gasteiger partial charge on any atom is 0.418 e. The first-order chi connectivity index (χ1) is 18.9. The van der Waals surface area contributed by atoms with Gasteiger partial charge in [-0.3, -0.25) is 4.90 Å². The van der Waals surface area contributed by atoms with Crippen LogP contribution in [0.3, 0.4) is 0 Å². The molecule has 3 aromatic rings. The van der Waals surface area contributed by atoms with Gasteiger partial charge in [0.05, 0.1) is 11.8 Å². The van der Waals surface area contributed by atoms with Crippen molar-refractivity contribution >= 4 is 11.8 Å². The Morgan fingerprint density at radius 3 is 2.31 bits per heavy atom. The Labute approximate surface area is 228 Å². The first-order valence-electron chi connectivity index (χ1n) is 12.8. The van der Waals surface area contributed by atoms with Gasteiger partial charge in [0.2, 0.25) is 6.29 Å². The maximum absolute atomic E-state index is 13.3. The first kappa shape index (κ1) is 28.7. The van der Waals surface area contributed by atoms with Gasteiger partial charge in [-0.1, -0.05) is 17.7 Å². The van der Waals surface area contributed by atoms with Gasteiger partial charge in [0.25, 0.3) is 0 Å². The van der Waals surface area contributed by atoms with Crippen molar-refractivity contribution in [2.75, 3.05) is 39.6 Å². The summed E-state index contributed by atoms with van der Waals surface area (Å²) in [7, 11) is 4.60. The minimum Gasteiger partial charge on any atom is -0.416 e. The van der Waals surface area contributed by atoms with Crippen LogP contribution in [0.25, 0.3) is 17.1 Å². The monoisotopic (exact) mass is 540 g/mol. The van der Waals surface area contributed by atoms with Crippen LogP contribution in [-0.4, -0.2) is 86.2 Å². The van der Waals surface area contributed by atoms with Gasteiger partial charge in [0, 0.05) is 39.2 Å². The molecule has 0 bridgehead atoms. The third kappa shape index (κ3) is 6.45. The number of nitrogens with zero attached hydrogens (tertiary/aromatic N) is 4. The number of aromatic nitrogens is 3. The molecule has 11 heteroatoms. The van der Waals surface area contributed by atoms with Crippen molar-refractivity contribution in [3.63, 3.8) is 0 Å². The molecule has 0 spiro atoms. The molecule has 39 heavy (non-hydrogen) atoms. The van der Waals surface area contributed by atoms with E-state index in [2.05, 4.69) is 10.1 Å². The van der Waals surface area contributed by atoms with Gasteiger partial charge < -0.3 is 28.4 Å². The number of methoxy groups -OCH3 is 3. The van der Waals surface area contributed by atoms with E-state index in [4.69, 9.17) is 28.4 Å². The molecule has 1 saturated heterocycles. The maximum atomic E-state index is 13.3. The predicted molar refractivity (Wildman–Crippen MR) is 144 cm³/mol. The summed E-state index contributed by atoms with van der Waals surface area (Å²) in [6.07, 6.45) is -1.92. The van der Waals surface area contributed by atoms with E-state index in [1.54, 1.807) is 30.3 Å². The third-order valence-corrected chi connectivity index (χ3v) is 6.55. The lowest BCUT2D eigenvalue weighted by Crippen LogP contribution is -2.60. The van der Waals surface area contributed by atoms with Crippen LogP contribution >= 0.6 is 0 Å². The molecule has 0 radical (unpaired) electrons. The molecule has 1 amide bonds. The van der Waals surface area contributed by atoms with Crippen LogP contribution in [0.1, 0.15) is 19.4 Å². The molecule has 5 atom stereocenters. The lowest BCUT2D eigenvalue weighted by molar-refractivity contribution is -0.292. The van der Waals surface area contributed by atoms with Crippen LogP contribution in [0.4, 0.5) is 10.5 Å². The minimum absolute atomic E-state index is 0.0337. The molecule has 0 N–H and O–H groups in total. The fourth-order valence-electron chi connectivity index (χ4n) is 4.56. The first-order valence-corrected chi connectivity index (χ1v) is 12.8. The molecule has 4 rings (SSSR count). The number of carbonyl (C=O) groups excluding carboxylic acids is 1. The zero-order valence-electron chi connectivity index (χ0n) is 23.1. The Bertz CT molecular complexity index is 1200. The number of amides is 1. The summed E-state index contributed by atoms with van der Waals surface area (Å²) in [4.78, 5) is 19.1. The van der Waals surface area contributed by atoms with Gasteiger partial charge in [-0.05, 0) is 57.2 Å². The number of hydrogen-bond donors (Lipinski definition) is 0. The topological polar surface area (TPSA) is 106 Å². The molecule has 1 fully saturated rings. The van der Waals surface area contributed by atoms with E-state index in [9.17, 15) is 4.79 Å². The Hall–Kier alpha value is -3.35. The summed E-state index contributed by atoms with van der Waals surface area (Å²) in [6.45, 7) is 6.17. The highest BCUT2D eigenvalue weighted by Crippen LogP contribution is 2.29. The largest absolute Gasteiger partial charge is 0.418 e. The zero-order valence-corrected chi connectivity index (χ0v) is 23.1. The van der Waals surface area contributed by atoms with E-state index < -0.39 is 30.7 Å². The van der Waals surface area contributed by atoms with Gasteiger partial charge in [-0.2, -0.15) is 0 Å². The highest BCUT2D eigenvalue weighted by Gasteiger charge is 2.48. The van der Waals surface area contributed by atoms with Crippen LogP contribution in [0.15, 0.2) is 54.9 Å². The average molecular weight is 541 g/mol. The lowest BCUT2D eigenvalue weighted by atomic mass is 9.99. The Balaban J connectivity index is 1.49. The molecule has 1 aliphatic rings. The standard InChI is InChI=1S/C28H36N4O7/c1-7-37-24-23(35-5)19(3)38-27(25(24)36-6)39-28(33)31(17-34-4)21-14-10-20(11-15-21)26-29-16-32(30-26)22-12-8-18(2)9-13-22/h8-16,19,23-25,27H,7,17H2,1-6H3/t19-,23-,24+,25+,27-/m0/s1. The number of anilines is 1. The van der Waals surface area contributed by atoms with Gasteiger partial charge >= 0.3 is 6.09 Å². The van der Waals surface area contributed by atoms with E-state index in [0.29, 0.717) is 18.1 Å². The molecular weight excluding hydrogens is 504 g/mol. The van der Waals surface area contributed by atoms with Crippen LogP contribution in [0.5, 0.6) is 0 Å². The van der Waals surface area contributed by atoms with Crippen LogP contribution in [-0.2, 0) is 28.4 Å². The van der Waals surface area contributed by atoms with E-state index in [1.165, 1.54) is 24.7 Å². The van der Waals surface area contributed by atoms with Crippen molar-refractivity contribution in [3.8, 4) is 17.1 Å². The predicted octanol–water partition coefficient (Wildman–Crippen LogP) is 3.97. The molecule has 2 aromatic carbocycles. The Kier molecular flexibility index (Phi) is 9.65. The van der Waals surface area contributed by atoms with E-state index in [0.717, 1.165) is 11.3 Å². The molecule has 0 saturated carbocycles. The summed E-state index contributed by atoms with van der Waals surface area (Å²) in [5.41, 5.74) is 3.45. The normalized spacial score (nSPS) is 23.0. The fraction of sp³-hybridized carbons (Fsp3) is 0.464.